The predicted molar refractivity (Wildman–Crippen MR) is 62.3 cm³/mol. The largest absolute Gasteiger partial charge is 0.236 e. The first kappa shape index (κ1) is 10.9. The van der Waals surface area contributed by atoms with E-state index in [1.54, 1.807) is 11.3 Å². The van der Waals surface area contributed by atoms with Crippen molar-refractivity contribution >= 4 is 21.4 Å². The lowest BCUT2D eigenvalue weighted by atomic mass is 10.1. The van der Waals surface area contributed by atoms with Gasteiger partial charge in [-0.15, -0.1) is 11.3 Å². The van der Waals surface area contributed by atoms with E-state index in [9.17, 15) is 8.42 Å². The van der Waals surface area contributed by atoms with Crippen molar-refractivity contribution in [2.75, 3.05) is 6.54 Å². The summed E-state index contributed by atoms with van der Waals surface area (Å²) in [6, 6.07) is 2.02. The third kappa shape index (κ3) is 1.75. The number of fused-ring (bicyclic) bond motifs is 1. The van der Waals surface area contributed by atoms with E-state index in [2.05, 4.69) is 12.6 Å². The minimum atomic E-state index is -3.29. The van der Waals surface area contributed by atoms with Crippen LogP contribution in [-0.4, -0.2) is 19.3 Å². The SMILES string of the molecule is C=CS(=O)(=O)N1CCc2ccsc2C1C. The van der Waals surface area contributed by atoms with Crippen LogP contribution < -0.4 is 0 Å². The number of sulfonamides is 1. The molecule has 0 fully saturated rings. The molecule has 1 aromatic rings. The van der Waals surface area contributed by atoms with Gasteiger partial charge in [0.1, 0.15) is 0 Å². The Labute approximate surface area is 94.1 Å². The first-order valence-corrected chi connectivity index (χ1v) is 7.15. The average Bonchev–Trinajstić information content (AvgIpc) is 2.66. The fraction of sp³-hybridized carbons (Fsp3) is 0.400. The molecular weight excluding hydrogens is 230 g/mol. The molecule has 1 aromatic heterocycles. The van der Waals surface area contributed by atoms with Crippen LogP contribution in [0.5, 0.6) is 0 Å². The first-order chi connectivity index (χ1) is 7.06. The molecule has 0 aliphatic carbocycles. The summed E-state index contributed by atoms with van der Waals surface area (Å²) in [6.45, 7) is 5.84. The van der Waals surface area contributed by atoms with Crippen LogP contribution in [0.4, 0.5) is 0 Å². The van der Waals surface area contributed by atoms with Gasteiger partial charge in [0.2, 0.25) is 10.0 Å². The normalized spacial score (nSPS) is 22.3. The molecule has 1 atom stereocenters. The highest BCUT2D eigenvalue weighted by atomic mass is 32.2. The summed E-state index contributed by atoms with van der Waals surface area (Å²) in [6.07, 6.45) is 0.802. The van der Waals surface area contributed by atoms with E-state index in [-0.39, 0.29) is 6.04 Å². The number of nitrogens with zero attached hydrogens (tertiary/aromatic N) is 1. The molecule has 0 amide bonds. The summed E-state index contributed by atoms with van der Waals surface area (Å²) >= 11 is 1.62. The summed E-state index contributed by atoms with van der Waals surface area (Å²) in [5, 5.41) is 3.05. The predicted octanol–water partition coefficient (Wildman–Crippen LogP) is 2.14. The second-order valence-electron chi connectivity index (χ2n) is 3.56. The molecule has 0 spiro atoms. The molecule has 2 heterocycles. The minimum absolute atomic E-state index is 0.0586. The fourth-order valence-corrected chi connectivity index (χ4v) is 4.09. The number of rotatable bonds is 2. The van der Waals surface area contributed by atoms with E-state index in [4.69, 9.17) is 0 Å². The van der Waals surface area contributed by atoms with Crippen LogP contribution in [0.25, 0.3) is 0 Å². The highest BCUT2D eigenvalue weighted by Crippen LogP contribution is 2.35. The molecular formula is C10H13NO2S2. The third-order valence-corrected chi connectivity index (χ3v) is 5.43. The van der Waals surface area contributed by atoms with Gasteiger partial charge in [-0.1, -0.05) is 6.58 Å². The van der Waals surface area contributed by atoms with Crippen LogP contribution in [0.3, 0.4) is 0 Å². The Morgan fingerprint density at radius 2 is 2.40 bits per heavy atom. The molecule has 1 aliphatic rings. The van der Waals surface area contributed by atoms with E-state index in [0.29, 0.717) is 6.54 Å². The lowest BCUT2D eigenvalue weighted by molar-refractivity contribution is 0.336. The Morgan fingerprint density at radius 3 is 3.07 bits per heavy atom. The lowest BCUT2D eigenvalue weighted by Gasteiger charge is -2.31. The summed E-state index contributed by atoms with van der Waals surface area (Å²) < 4.78 is 24.9. The van der Waals surface area contributed by atoms with Gasteiger partial charge in [0.15, 0.2) is 0 Å². The fourth-order valence-electron chi connectivity index (χ4n) is 1.92. The molecule has 1 unspecified atom stereocenters. The second-order valence-corrected chi connectivity index (χ2v) is 6.34. The van der Waals surface area contributed by atoms with Crippen molar-refractivity contribution in [1.29, 1.82) is 0 Å². The summed E-state index contributed by atoms with van der Waals surface area (Å²) in [5.74, 6) is 0. The van der Waals surface area contributed by atoms with Gasteiger partial charge >= 0.3 is 0 Å². The molecule has 15 heavy (non-hydrogen) atoms. The Bertz CT molecular complexity index is 475. The maximum Gasteiger partial charge on any atom is 0.236 e. The zero-order valence-electron chi connectivity index (χ0n) is 8.51. The summed E-state index contributed by atoms with van der Waals surface area (Å²) in [5.41, 5.74) is 1.28. The smallest absolute Gasteiger partial charge is 0.208 e. The molecule has 0 N–H and O–H groups in total. The van der Waals surface area contributed by atoms with Crippen molar-refractivity contribution in [3.63, 3.8) is 0 Å². The molecule has 0 saturated carbocycles. The molecule has 1 aliphatic heterocycles. The molecule has 0 aromatic carbocycles. The average molecular weight is 243 g/mol. The van der Waals surface area contributed by atoms with Crippen LogP contribution in [0.2, 0.25) is 0 Å². The molecule has 5 heteroatoms. The molecule has 82 valence electrons. The van der Waals surface area contributed by atoms with Gasteiger partial charge in [0.05, 0.1) is 6.04 Å². The maximum atomic E-state index is 11.7. The topological polar surface area (TPSA) is 37.4 Å². The van der Waals surface area contributed by atoms with Crippen LogP contribution in [0.15, 0.2) is 23.4 Å². The van der Waals surface area contributed by atoms with E-state index in [1.807, 2.05) is 12.3 Å². The standard InChI is InChI=1S/C10H13NO2S2/c1-3-15(12,13)11-6-4-9-5-7-14-10(9)8(11)2/h3,5,7-8H,1,4,6H2,2H3. The van der Waals surface area contributed by atoms with Crippen molar-refractivity contribution in [3.8, 4) is 0 Å². The quantitative estimate of drug-likeness (QED) is 0.798. The van der Waals surface area contributed by atoms with Gasteiger partial charge in [-0.25, -0.2) is 8.42 Å². The second kappa shape index (κ2) is 3.73. The zero-order valence-corrected chi connectivity index (χ0v) is 10.1. The monoisotopic (exact) mass is 243 g/mol. The van der Waals surface area contributed by atoms with E-state index < -0.39 is 10.0 Å². The molecule has 0 radical (unpaired) electrons. The number of hydrogen-bond donors (Lipinski definition) is 0. The van der Waals surface area contributed by atoms with Crippen molar-refractivity contribution < 1.29 is 8.42 Å². The molecule has 0 bridgehead atoms. The van der Waals surface area contributed by atoms with Gasteiger partial charge in [-0.2, -0.15) is 4.31 Å². The van der Waals surface area contributed by atoms with Crippen LogP contribution in [-0.2, 0) is 16.4 Å². The third-order valence-electron chi connectivity index (χ3n) is 2.73. The van der Waals surface area contributed by atoms with Crippen LogP contribution >= 0.6 is 11.3 Å². The number of hydrogen-bond acceptors (Lipinski definition) is 3. The first-order valence-electron chi connectivity index (χ1n) is 4.77. The van der Waals surface area contributed by atoms with Gasteiger partial charge < -0.3 is 0 Å². The molecule has 0 saturated heterocycles. The Balaban J connectivity index is 2.39. The zero-order chi connectivity index (χ0) is 11.1. The van der Waals surface area contributed by atoms with Crippen LogP contribution in [0, 0.1) is 0 Å². The Morgan fingerprint density at radius 1 is 1.67 bits per heavy atom. The van der Waals surface area contributed by atoms with Crippen molar-refractivity contribution in [1.82, 2.24) is 4.31 Å². The van der Waals surface area contributed by atoms with Gasteiger partial charge in [-0.05, 0) is 30.4 Å². The summed E-state index contributed by atoms with van der Waals surface area (Å²) in [4.78, 5) is 1.16. The van der Waals surface area contributed by atoms with E-state index in [0.717, 1.165) is 16.7 Å². The molecule has 2 rings (SSSR count). The van der Waals surface area contributed by atoms with E-state index >= 15 is 0 Å². The highest BCUT2D eigenvalue weighted by molar-refractivity contribution is 7.92. The Kier molecular flexibility index (Phi) is 2.70. The van der Waals surface area contributed by atoms with Gasteiger partial charge in [0.25, 0.3) is 0 Å². The molecule has 3 nitrogen and oxygen atoms in total. The van der Waals surface area contributed by atoms with Gasteiger partial charge in [-0.3, -0.25) is 0 Å². The number of thiophene rings is 1. The van der Waals surface area contributed by atoms with E-state index in [1.165, 1.54) is 9.87 Å². The van der Waals surface area contributed by atoms with Crippen molar-refractivity contribution in [3.05, 3.63) is 33.9 Å². The summed E-state index contributed by atoms with van der Waals surface area (Å²) in [7, 11) is -3.29. The van der Waals surface area contributed by atoms with Crippen molar-refractivity contribution in [2.24, 2.45) is 0 Å². The van der Waals surface area contributed by atoms with Crippen molar-refractivity contribution in [2.45, 2.75) is 19.4 Å². The minimum Gasteiger partial charge on any atom is -0.208 e. The Hall–Kier alpha value is -0.650. The highest BCUT2D eigenvalue weighted by Gasteiger charge is 2.31. The maximum absolute atomic E-state index is 11.7. The van der Waals surface area contributed by atoms with Crippen LogP contribution in [0.1, 0.15) is 23.4 Å². The lowest BCUT2D eigenvalue weighted by Crippen LogP contribution is -2.36. The van der Waals surface area contributed by atoms with Gasteiger partial charge in [0, 0.05) is 16.8 Å².